The van der Waals surface area contributed by atoms with E-state index in [0.29, 0.717) is 5.91 Å². The van der Waals surface area contributed by atoms with E-state index in [4.69, 9.17) is 0 Å². The average Bonchev–Trinajstić information content (AvgIpc) is 2.73. The van der Waals surface area contributed by atoms with E-state index in [1.807, 2.05) is 11.0 Å². The van der Waals surface area contributed by atoms with Crippen molar-refractivity contribution < 1.29 is 9.59 Å². The SMILES string of the molecule is O=C(C1CCC(C(=O)N2CCCc3ccccc32)CC1)N1CCCCC1. The first-order valence-corrected chi connectivity index (χ1v) is 10.4. The highest BCUT2D eigenvalue weighted by atomic mass is 16.2. The van der Waals surface area contributed by atoms with E-state index in [0.717, 1.165) is 76.7 Å². The number of amides is 2. The van der Waals surface area contributed by atoms with Gasteiger partial charge in [0.15, 0.2) is 0 Å². The van der Waals surface area contributed by atoms with Gasteiger partial charge in [-0.1, -0.05) is 18.2 Å². The van der Waals surface area contributed by atoms with E-state index < -0.39 is 0 Å². The van der Waals surface area contributed by atoms with Crippen LogP contribution in [0, 0.1) is 11.8 Å². The molecule has 3 aliphatic rings. The second-order valence-electron chi connectivity index (χ2n) is 8.16. The number of carbonyl (C=O) groups excluding carboxylic acids is 2. The molecule has 4 rings (SSSR count). The lowest BCUT2D eigenvalue weighted by Gasteiger charge is -2.36. The monoisotopic (exact) mass is 354 g/mol. The number of fused-ring (bicyclic) bond motifs is 1. The van der Waals surface area contributed by atoms with Gasteiger partial charge in [0.05, 0.1) is 0 Å². The maximum absolute atomic E-state index is 13.1. The molecule has 0 spiro atoms. The number of hydrogen-bond donors (Lipinski definition) is 0. The standard InChI is InChI=1S/C22H30N2O2/c25-21(23-14-4-1-5-15-23)18-10-12-19(13-11-18)22(26)24-16-6-8-17-7-2-3-9-20(17)24/h2-3,7,9,18-19H,1,4-6,8,10-16H2. The van der Waals surface area contributed by atoms with E-state index in [1.165, 1.54) is 12.0 Å². The normalized spacial score (nSPS) is 26.3. The van der Waals surface area contributed by atoms with Gasteiger partial charge in [0.1, 0.15) is 0 Å². The molecule has 1 aromatic carbocycles. The summed E-state index contributed by atoms with van der Waals surface area (Å²) in [6.45, 7) is 2.70. The fraction of sp³-hybridized carbons (Fsp3) is 0.636. The number of para-hydroxylation sites is 1. The summed E-state index contributed by atoms with van der Waals surface area (Å²) in [7, 11) is 0. The molecule has 2 fully saturated rings. The smallest absolute Gasteiger partial charge is 0.230 e. The zero-order valence-electron chi connectivity index (χ0n) is 15.7. The predicted octanol–water partition coefficient (Wildman–Crippen LogP) is 3.78. The summed E-state index contributed by atoms with van der Waals surface area (Å²) in [6, 6.07) is 8.31. The Labute approximate surface area is 156 Å². The number of hydrogen-bond acceptors (Lipinski definition) is 2. The quantitative estimate of drug-likeness (QED) is 0.811. The molecule has 1 aromatic rings. The first kappa shape index (κ1) is 17.6. The van der Waals surface area contributed by atoms with Crippen LogP contribution in [-0.2, 0) is 16.0 Å². The summed E-state index contributed by atoms with van der Waals surface area (Å²) >= 11 is 0. The molecule has 0 unspecified atom stereocenters. The fourth-order valence-electron chi connectivity index (χ4n) is 4.94. The molecule has 4 heteroatoms. The highest BCUT2D eigenvalue weighted by molar-refractivity contribution is 5.96. The largest absolute Gasteiger partial charge is 0.342 e. The number of piperidine rings is 1. The van der Waals surface area contributed by atoms with Gasteiger partial charge in [-0.3, -0.25) is 9.59 Å². The Morgan fingerprint density at radius 2 is 1.42 bits per heavy atom. The number of anilines is 1. The van der Waals surface area contributed by atoms with Crippen LogP contribution < -0.4 is 4.90 Å². The van der Waals surface area contributed by atoms with Crippen LogP contribution in [0.3, 0.4) is 0 Å². The van der Waals surface area contributed by atoms with Crippen molar-refractivity contribution in [3.05, 3.63) is 29.8 Å². The highest BCUT2D eigenvalue weighted by Gasteiger charge is 2.35. The maximum atomic E-state index is 13.1. The Morgan fingerprint density at radius 1 is 0.769 bits per heavy atom. The van der Waals surface area contributed by atoms with Gasteiger partial charge in [-0.05, 0) is 69.4 Å². The molecule has 0 N–H and O–H groups in total. The van der Waals surface area contributed by atoms with Crippen LogP contribution >= 0.6 is 0 Å². The first-order valence-electron chi connectivity index (χ1n) is 10.4. The Balaban J connectivity index is 1.36. The molecule has 1 saturated heterocycles. The van der Waals surface area contributed by atoms with Crippen molar-refractivity contribution in [2.45, 2.75) is 57.8 Å². The molecule has 26 heavy (non-hydrogen) atoms. The summed E-state index contributed by atoms with van der Waals surface area (Å²) in [5.41, 5.74) is 2.40. The molecule has 4 nitrogen and oxygen atoms in total. The molecule has 2 amide bonds. The van der Waals surface area contributed by atoms with Crippen molar-refractivity contribution >= 4 is 17.5 Å². The predicted molar refractivity (Wildman–Crippen MR) is 103 cm³/mol. The van der Waals surface area contributed by atoms with Crippen LogP contribution in [0.1, 0.15) is 56.9 Å². The molecule has 1 saturated carbocycles. The molecule has 0 aromatic heterocycles. The summed E-state index contributed by atoms with van der Waals surface area (Å²) in [5.74, 6) is 0.859. The minimum Gasteiger partial charge on any atom is -0.342 e. The van der Waals surface area contributed by atoms with Gasteiger partial charge in [-0.15, -0.1) is 0 Å². The molecule has 0 radical (unpaired) electrons. The van der Waals surface area contributed by atoms with Crippen molar-refractivity contribution in [1.82, 2.24) is 4.90 Å². The van der Waals surface area contributed by atoms with Crippen molar-refractivity contribution in [2.75, 3.05) is 24.5 Å². The number of carbonyl (C=O) groups is 2. The van der Waals surface area contributed by atoms with E-state index in [9.17, 15) is 9.59 Å². The van der Waals surface area contributed by atoms with Crippen LogP contribution in [-0.4, -0.2) is 36.3 Å². The second-order valence-corrected chi connectivity index (χ2v) is 8.16. The Hall–Kier alpha value is -1.84. The third-order valence-corrected chi connectivity index (χ3v) is 6.47. The zero-order chi connectivity index (χ0) is 17.9. The Kier molecular flexibility index (Phi) is 5.28. The number of nitrogens with zero attached hydrogens (tertiary/aromatic N) is 2. The van der Waals surface area contributed by atoms with Crippen LogP contribution in [0.4, 0.5) is 5.69 Å². The lowest BCUT2D eigenvalue weighted by atomic mass is 9.80. The summed E-state index contributed by atoms with van der Waals surface area (Å²) in [4.78, 5) is 29.9. The van der Waals surface area contributed by atoms with Gasteiger partial charge in [-0.25, -0.2) is 0 Å². The minimum absolute atomic E-state index is 0.0894. The second kappa shape index (κ2) is 7.81. The van der Waals surface area contributed by atoms with Crippen LogP contribution in [0.15, 0.2) is 24.3 Å². The molecule has 0 atom stereocenters. The maximum Gasteiger partial charge on any atom is 0.230 e. The van der Waals surface area contributed by atoms with Crippen LogP contribution in [0.25, 0.3) is 0 Å². The van der Waals surface area contributed by atoms with E-state index in [1.54, 1.807) is 0 Å². The van der Waals surface area contributed by atoms with Crippen LogP contribution in [0.5, 0.6) is 0 Å². The van der Waals surface area contributed by atoms with Gasteiger partial charge < -0.3 is 9.80 Å². The number of rotatable bonds is 2. The van der Waals surface area contributed by atoms with Gasteiger partial charge in [0.2, 0.25) is 11.8 Å². The van der Waals surface area contributed by atoms with Crippen molar-refractivity contribution in [1.29, 1.82) is 0 Å². The number of likely N-dealkylation sites (tertiary alicyclic amines) is 1. The number of benzene rings is 1. The highest BCUT2D eigenvalue weighted by Crippen LogP contribution is 2.35. The first-order chi connectivity index (χ1) is 12.7. The molecule has 1 aliphatic carbocycles. The van der Waals surface area contributed by atoms with Gasteiger partial charge in [0.25, 0.3) is 0 Å². The van der Waals surface area contributed by atoms with Crippen LogP contribution in [0.2, 0.25) is 0 Å². The van der Waals surface area contributed by atoms with Crippen molar-refractivity contribution in [2.24, 2.45) is 11.8 Å². The van der Waals surface area contributed by atoms with Gasteiger partial charge >= 0.3 is 0 Å². The van der Waals surface area contributed by atoms with Gasteiger partial charge in [0, 0.05) is 37.2 Å². The van der Waals surface area contributed by atoms with Crippen molar-refractivity contribution in [3.8, 4) is 0 Å². The lowest BCUT2D eigenvalue weighted by Crippen LogP contribution is -2.43. The molecule has 2 heterocycles. The molecule has 0 bridgehead atoms. The summed E-state index contributed by atoms with van der Waals surface area (Å²) in [5, 5.41) is 0. The Bertz CT molecular complexity index is 658. The molecular formula is C22H30N2O2. The van der Waals surface area contributed by atoms with Crippen molar-refractivity contribution in [3.63, 3.8) is 0 Å². The van der Waals surface area contributed by atoms with E-state index in [-0.39, 0.29) is 17.7 Å². The molecular weight excluding hydrogens is 324 g/mol. The van der Waals surface area contributed by atoms with Gasteiger partial charge in [-0.2, -0.15) is 0 Å². The van der Waals surface area contributed by atoms with E-state index in [2.05, 4.69) is 23.1 Å². The summed E-state index contributed by atoms with van der Waals surface area (Å²) in [6.07, 6.45) is 9.14. The molecule has 2 aliphatic heterocycles. The summed E-state index contributed by atoms with van der Waals surface area (Å²) < 4.78 is 0. The average molecular weight is 354 g/mol. The molecule has 140 valence electrons. The van der Waals surface area contributed by atoms with E-state index >= 15 is 0 Å². The topological polar surface area (TPSA) is 40.6 Å². The number of aryl methyl sites for hydroxylation is 1. The fourth-order valence-corrected chi connectivity index (χ4v) is 4.94. The lowest BCUT2D eigenvalue weighted by molar-refractivity contribution is -0.138. The third-order valence-electron chi connectivity index (χ3n) is 6.47. The minimum atomic E-state index is 0.0894. The third kappa shape index (κ3) is 3.51. The Morgan fingerprint density at radius 3 is 2.15 bits per heavy atom. The zero-order valence-corrected chi connectivity index (χ0v) is 15.7.